The molecule has 0 spiro atoms. The number of halogens is 1. The predicted octanol–water partition coefficient (Wildman–Crippen LogP) is 2.06. The molecule has 7 heteroatoms. The van der Waals surface area contributed by atoms with Crippen molar-refractivity contribution in [1.29, 1.82) is 0 Å². The van der Waals surface area contributed by atoms with Crippen molar-refractivity contribution in [2.24, 2.45) is 0 Å². The molecule has 0 radical (unpaired) electrons. The lowest BCUT2D eigenvalue weighted by molar-refractivity contribution is -0.152. The lowest BCUT2D eigenvalue weighted by Gasteiger charge is -2.45. The number of hydrogen-bond donors (Lipinski definition) is 0. The van der Waals surface area contributed by atoms with Gasteiger partial charge in [0.05, 0.1) is 18.7 Å². The maximum atomic E-state index is 12.3. The number of benzene rings is 1. The fourth-order valence-electron chi connectivity index (χ4n) is 2.50. The molecular weight excluding hydrogens is 326 g/mol. The van der Waals surface area contributed by atoms with E-state index in [0.717, 1.165) is 11.8 Å². The zero-order valence-corrected chi connectivity index (χ0v) is 14.4. The van der Waals surface area contributed by atoms with E-state index in [9.17, 15) is 13.2 Å². The molecule has 122 valence electrons. The number of nitrogens with zero attached hydrogens (tertiary/aromatic N) is 1. The highest BCUT2D eigenvalue weighted by Gasteiger charge is 2.39. The van der Waals surface area contributed by atoms with Crippen molar-refractivity contribution < 1.29 is 17.9 Å². The van der Waals surface area contributed by atoms with Crippen LogP contribution >= 0.6 is 11.6 Å². The van der Waals surface area contributed by atoms with Crippen molar-refractivity contribution in [3.63, 3.8) is 0 Å². The van der Waals surface area contributed by atoms with Crippen LogP contribution in [0.3, 0.4) is 0 Å². The zero-order chi connectivity index (χ0) is 16.5. The second-order valence-corrected chi connectivity index (χ2v) is 8.82. The van der Waals surface area contributed by atoms with Crippen molar-refractivity contribution in [3.8, 4) is 0 Å². The van der Waals surface area contributed by atoms with Gasteiger partial charge in [-0.3, -0.25) is 4.79 Å². The Morgan fingerprint density at radius 3 is 2.73 bits per heavy atom. The van der Waals surface area contributed by atoms with Crippen LogP contribution in [0.15, 0.2) is 24.3 Å². The van der Waals surface area contributed by atoms with Crippen LogP contribution in [0.1, 0.15) is 25.5 Å². The Kier molecular flexibility index (Phi) is 4.84. The van der Waals surface area contributed by atoms with E-state index in [-0.39, 0.29) is 6.10 Å². The minimum atomic E-state index is -3.36. The van der Waals surface area contributed by atoms with E-state index in [1.54, 1.807) is 17.0 Å². The highest BCUT2D eigenvalue weighted by molar-refractivity contribution is 7.91. The normalized spacial score (nSPS) is 21.6. The van der Waals surface area contributed by atoms with Crippen molar-refractivity contribution in [2.75, 3.05) is 25.2 Å². The molecule has 1 heterocycles. The number of hydrogen-bond acceptors (Lipinski definition) is 4. The van der Waals surface area contributed by atoms with E-state index < -0.39 is 27.0 Å². The third-order valence-corrected chi connectivity index (χ3v) is 4.63. The summed E-state index contributed by atoms with van der Waals surface area (Å²) < 4.78 is 28.6. The molecule has 5 nitrogen and oxygen atoms in total. The molecule has 1 aliphatic rings. The first-order valence-corrected chi connectivity index (χ1v) is 9.38. The number of morpholine rings is 1. The number of ether oxygens (including phenoxy) is 1. The van der Waals surface area contributed by atoms with Crippen molar-refractivity contribution >= 4 is 27.3 Å². The summed E-state index contributed by atoms with van der Waals surface area (Å²) in [4.78, 5) is 13.9. The molecule has 1 saturated heterocycles. The summed E-state index contributed by atoms with van der Waals surface area (Å²) >= 11 is 5.99. The van der Waals surface area contributed by atoms with Crippen LogP contribution in [0, 0.1) is 0 Å². The van der Waals surface area contributed by atoms with Crippen LogP contribution in [-0.2, 0) is 19.4 Å². The molecule has 0 saturated carbocycles. The van der Waals surface area contributed by atoms with Crippen LogP contribution in [0.2, 0.25) is 5.02 Å². The fraction of sp³-hybridized carbons (Fsp3) is 0.533. The summed E-state index contributed by atoms with van der Waals surface area (Å²) in [6.45, 7) is 4.37. The summed E-state index contributed by atoms with van der Waals surface area (Å²) in [6, 6.07) is 7.27. The van der Waals surface area contributed by atoms with E-state index in [2.05, 4.69) is 0 Å². The Bertz CT molecular complexity index is 672. The van der Waals surface area contributed by atoms with Gasteiger partial charge in [0.1, 0.15) is 11.9 Å². The smallest absolute Gasteiger partial charge is 0.238 e. The summed E-state index contributed by atoms with van der Waals surface area (Å²) in [5.74, 6) is -0.888. The Labute approximate surface area is 136 Å². The lowest BCUT2D eigenvalue weighted by atomic mass is 9.98. The van der Waals surface area contributed by atoms with Gasteiger partial charge in [-0.05, 0) is 31.5 Å². The average molecular weight is 346 g/mol. The molecular formula is C15H20ClNO4S. The minimum Gasteiger partial charge on any atom is -0.369 e. The maximum absolute atomic E-state index is 12.3. The molecule has 1 aliphatic heterocycles. The number of amides is 1. The Morgan fingerprint density at radius 1 is 1.45 bits per heavy atom. The van der Waals surface area contributed by atoms with Gasteiger partial charge in [-0.2, -0.15) is 0 Å². The standard InChI is InChI=1S/C15H20ClNO4S/c1-15(2)10-21-13(11-5-4-6-12(16)7-11)8-17(15)14(18)9-22(3,19)20/h4-7,13H,8-10H2,1-3H3. The van der Waals surface area contributed by atoms with Crippen molar-refractivity contribution in [2.45, 2.75) is 25.5 Å². The monoisotopic (exact) mass is 345 g/mol. The second kappa shape index (κ2) is 6.18. The summed E-state index contributed by atoms with van der Waals surface area (Å²) in [6.07, 6.45) is 0.752. The third kappa shape index (κ3) is 4.21. The molecule has 0 aliphatic carbocycles. The van der Waals surface area contributed by atoms with E-state index in [4.69, 9.17) is 16.3 Å². The molecule has 1 amide bonds. The van der Waals surface area contributed by atoms with Gasteiger partial charge in [0.2, 0.25) is 5.91 Å². The molecule has 1 aromatic rings. The summed E-state index contributed by atoms with van der Waals surface area (Å²) in [5.41, 5.74) is 0.330. The SMILES string of the molecule is CC1(C)COC(c2cccc(Cl)c2)CN1C(=O)CS(C)(=O)=O. The molecule has 1 aromatic carbocycles. The molecule has 1 fully saturated rings. The van der Waals surface area contributed by atoms with Gasteiger partial charge in [-0.25, -0.2) is 8.42 Å². The minimum absolute atomic E-state index is 0.307. The van der Waals surface area contributed by atoms with E-state index in [1.165, 1.54) is 0 Å². The molecule has 2 rings (SSSR count). The van der Waals surface area contributed by atoms with Crippen molar-refractivity contribution in [3.05, 3.63) is 34.9 Å². The van der Waals surface area contributed by atoms with Gasteiger partial charge in [0.25, 0.3) is 0 Å². The van der Waals surface area contributed by atoms with Crippen LogP contribution in [-0.4, -0.2) is 49.9 Å². The average Bonchev–Trinajstić information content (AvgIpc) is 2.36. The van der Waals surface area contributed by atoms with Gasteiger partial charge in [0.15, 0.2) is 9.84 Å². The number of carbonyl (C=O) groups excluding carboxylic acids is 1. The van der Waals surface area contributed by atoms with Gasteiger partial charge < -0.3 is 9.64 Å². The van der Waals surface area contributed by atoms with E-state index >= 15 is 0 Å². The van der Waals surface area contributed by atoms with Crippen LogP contribution in [0.5, 0.6) is 0 Å². The number of sulfone groups is 1. The van der Waals surface area contributed by atoms with Gasteiger partial charge in [0, 0.05) is 11.3 Å². The quantitative estimate of drug-likeness (QED) is 0.841. The van der Waals surface area contributed by atoms with Crippen LogP contribution < -0.4 is 0 Å². The van der Waals surface area contributed by atoms with E-state index in [0.29, 0.717) is 18.2 Å². The number of rotatable bonds is 3. The Morgan fingerprint density at radius 2 is 2.14 bits per heavy atom. The van der Waals surface area contributed by atoms with Gasteiger partial charge in [-0.1, -0.05) is 23.7 Å². The molecule has 1 unspecified atom stereocenters. The van der Waals surface area contributed by atoms with Crippen LogP contribution in [0.25, 0.3) is 0 Å². The first-order valence-electron chi connectivity index (χ1n) is 6.94. The lowest BCUT2D eigenvalue weighted by Crippen LogP contribution is -2.57. The first kappa shape index (κ1) is 17.2. The predicted molar refractivity (Wildman–Crippen MR) is 85.6 cm³/mol. The molecule has 1 atom stereocenters. The molecule has 22 heavy (non-hydrogen) atoms. The summed E-state index contributed by atoms with van der Waals surface area (Å²) in [7, 11) is -3.36. The van der Waals surface area contributed by atoms with E-state index in [1.807, 2.05) is 26.0 Å². The largest absolute Gasteiger partial charge is 0.369 e. The topological polar surface area (TPSA) is 63.7 Å². The Hall–Kier alpha value is -1.11. The maximum Gasteiger partial charge on any atom is 0.238 e. The zero-order valence-electron chi connectivity index (χ0n) is 12.9. The third-order valence-electron chi connectivity index (χ3n) is 3.62. The Balaban J connectivity index is 2.22. The molecule has 0 bridgehead atoms. The summed E-state index contributed by atoms with van der Waals surface area (Å²) in [5, 5.41) is 0.597. The van der Waals surface area contributed by atoms with Crippen LogP contribution in [0.4, 0.5) is 0 Å². The molecule has 0 N–H and O–H groups in total. The van der Waals surface area contributed by atoms with Gasteiger partial charge in [-0.15, -0.1) is 0 Å². The second-order valence-electron chi connectivity index (χ2n) is 6.24. The van der Waals surface area contributed by atoms with Crippen molar-refractivity contribution in [1.82, 2.24) is 4.90 Å². The highest BCUT2D eigenvalue weighted by atomic mass is 35.5. The molecule has 0 aromatic heterocycles. The first-order chi connectivity index (χ1) is 10.1. The number of carbonyl (C=O) groups is 1. The fourth-order valence-corrected chi connectivity index (χ4v) is 3.30. The highest BCUT2D eigenvalue weighted by Crippen LogP contribution is 2.31. The van der Waals surface area contributed by atoms with Gasteiger partial charge >= 0.3 is 0 Å².